The number of carbonyl (C=O) groups excluding carboxylic acids is 1. The number of carbonyl (C=O) groups is 1. The van der Waals surface area contributed by atoms with Crippen molar-refractivity contribution in [1.29, 1.82) is 0 Å². The fourth-order valence-electron chi connectivity index (χ4n) is 0.876. The first-order valence-corrected chi connectivity index (χ1v) is 6.34. The molecule has 0 aromatic carbocycles. The molecule has 0 saturated heterocycles. The Morgan fingerprint density at radius 3 is 3.21 bits per heavy atom. The van der Waals surface area contributed by atoms with Crippen LogP contribution in [0.5, 0.6) is 0 Å². The zero-order chi connectivity index (χ0) is 10.2. The minimum absolute atomic E-state index is 0.0754. The van der Waals surface area contributed by atoms with Gasteiger partial charge in [-0.1, -0.05) is 12.1 Å². The molecule has 76 valence electrons. The highest BCUT2D eigenvalue weighted by Crippen LogP contribution is 2.16. The van der Waals surface area contributed by atoms with Crippen LogP contribution < -0.4 is 5.32 Å². The Morgan fingerprint density at radius 2 is 2.57 bits per heavy atom. The predicted molar refractivity (Wildman–Crippen MR) is 63.7 cm³/mol. The summed E-state index contributed by atoms with van der Waals surface area (Å²) in [6, 6.07) is 4.11. The molecule has 0 aliphatic rings. The maximum absolute atomic E-state index is 11.2. The van der Waals surface area contributed by atoms with Gasteiger partial charge in [0.25, 0.3) is 0 Å². The molecule has 0 spiro atoms. The lowest BCUT2D eigenvalue weighted by atomic mass is 10.5. The van der Waals surface area contributed by atoms with Crippen LogP contribution in [0.3, 0.4) is 0 Å². The van der Waals surface area contributed by atoms with E-state index in [0.29, 0.717) is 12.3 Å². The van der Waals surface area contributed by atoms with E-state index < -0.39 is 0 Å². The summed E-state index contributed by atoms with van der Waals surface area (Å²) in [5.74, 6) is 1.51. The number of rotatable bonds is 6. The number of thiophene rings is 1. The molecule has 1 aromatic heterocycles. The maximum atomic E-state index is 11.2. The first-order valence-electron chi connectivity index (χ1n) is 4.30. The van der Waals surface area contributed by atoms with Gasteiger partial charge in [-0.05, 0) is 11.4 Å². The number of hydrogen-bond acceptors (Lipinski definition) is 3. The van der Waals surface area contributed by atoms with E-state index in [1.165, 1.54) is 4.88 Å². The minimum atomic E-state index is 0.0754. The smallest absolute Gasteiger partial charge is 0.230 e. The molecule has 0 aliphatic carbocycles. The average Bonchev–Trinajstić information content (AvgIpc) is 2.67. The second-order valence-electron chi connectivity index (χ2n) is 2.66. The van der Waals surface area contributed by atoms with Gasteiger partial charge in [-0.3, -0.25) is 4.79 Å². The Labute approximate surface area is 92.4 Å². The molecule has 0 bridgehead atoms. The van der Waals surface area contributed by atoms with Crippen LogP contribution in [0.15, 0.2) is 30.2 Å². The topological polar surface area (TPSA) is 29.1 Å². The van der Waals surface area contributed by atoms with Gasteiger partial charge in [-0.15, -0.1) is 29.7 Å². The van der Waals surface area contributed by atoms with Gasteiger partial charge in [0.1, 0.15) is 0 Å². The molecule has 2 nitrogen and oxygen atoms in total. The Bertz CT molecular complexity index is 282. The second-order valence-corrected chi connectivity index (χ2v) is 4.68. The Morgan fingerprint density at radius 1 is 1.71 bits per heavy atom. The van der Waals surface area contributed by atoms with Crippen LogP contribution in [0, 0.1) is 0 Å². The van der Waals surface area contributed by atoms with E-state index in [1.54, 1.807) is 29.2 Å². The third-order valence-corrected chi connectivity index (χ3v) is 3.54. The first kappa shape index (κ1) is 11.3. The van der Waals surface area contributed by atoms with Crippen molar-refractivity contribution in [2.75, 3.05) is 12.3 Å². The first-order chi connectivity index (χ1) is 6.83. The Kier molecular flexibility index (Phi) is 5.40. The van der Waals surface area contributed by atoms with E-state index in [-0.39, 0.29) is 5.91 Å². The van der Waals surface area contributed by atoms with Crippen molar-refractivity contribution in [3.63, 3.8) is 0 Å². The summed E-state index contributed by atoms with van der Waals surface area (Å²) in [5, 5.41) is 4.79. The monoisotopic (exact) mass is 227 g/mol. The van der Waals surface area contributed by atoms with Crippen molar-refractivity contribution in [3.05, 3.63) is 35.0 Å². The number of nitrogens with one attached hydrogen (secondary N) is 1. The fourth-order valence-corrected chi connectivity index (χ4v) is 2.57. The molecule has 1 aromatic rings. The summed E-state index contributed by atoms with van der Waals surface area (Å²) >= 11 is 3.36. The molecule has 0 unspecified atom stereocenters. The number of thioether (sulfide) groups is 1. The molecule has 4 heteroatoms. The zero-order valence-corrected chi connectivity index (χ0v) is 9.50. The summed E-state index contributed by atoms with van der Waals surface area (Å²) < 4.78 is 0. The molecule has 1 rings (SSSR count). The molecule has 0 aliphatic heterocycles. The van der Waals surface area contributed by atoms with Crippen molar-refractivity contribution in [2.24, 2.45) is 0 Å². The van der Waals surface area contributed by atoms with Gasteiger partial charge in [0.05, 0.1) is 5.75 Å². The van der Waals surface area contributed by atoms with E-state index in [0.717, 1.165) is 5.75 Å². The highest BCUT2D eigenvalue weighted by Gasteiger charge is 2.00. The van der Waals surface area contributed by atoms with Gasteiger partial charge < -0.3 is 5.32 Å². The number of amides is 1. The summed E-state index contributed by atoms with van der Waals surface area (Å²) in [6.07, 6.45) is 1.68. The largest absolute Gasteiger partial charge is 0.352 e. The molecule has 0 atom stereocenters. The average molecular weight is 227 g/mol. The predicted octanol–water partition coefficient (Wildman–Crippen LogP) is 2.28. The summed E-state index contributed by atoms with van der Waals surface area (Å²) in [5.41, 5.74) is 0. The van der Waals surface area contributed by atoms with Crippen LogP contribution in [-0.4, -0.2) is 18.2 Å². The van der Waals surface area contributed by atoms with Crippen molar-refractivity contribution in [3.8, 4) is 0 Å². The summed E-state index contributed by atoms with van der Waals surface area (Å²) in [4.78, 5) is 12.5. The highest BCUT2D eigenvalue weighted by atomic mass is 32.2. The normalized spacial score (nSPS) is 9.71. The third kappa shape index (κ3) is 4.48. The van der Waals surface area contributed by atoms with Crippen LogP contribution in [-0.2, 0) is 10.5 Å². The summed E-state index contributed by atoms with van der Waals surface area (Å²) in [6.45, 7) is 4.09. The van der Waals surface area contributed by atoms with Gasteiger partial charge in [0.2, 0.25) is 5.91 Å². The van der Waals surface area contributed by atoms with Crippen LogP contribution in [0.2, 0.25) is 0 Å². The van der Waals surface area contributed by atoms with Crippen LogP contribution >= 0.6 is 23.1 Å². The van der Waals surface area contributed by atoms with Crippen molar-refractivity contribution in [2.45, 2.75) is 5.75 Å². The molecule has 1 heterocycles. The summed E-state index contributed by atoms with van der Waals surface area (Å²) in [7, 11) is 0. The standard InChI is InChI=1S/C10H13NOS2/c1-2-5-11-10(12)8-13-7-9-4-3-6-14-9/h2-4,6H,1,5,7-8H2,(H,11,12). The van der Waals surface area contributed by atoms with Crippen molar-refractivity contribution < 1.29 is 4.79 Å². The van der Waals surface area contributed by atoms with Crippen molar-refractivity contribution in [1.82, 2.24) is 5.32 Å². The third-order valence-electron chi connectivity index (χ3n) is 1.50. The molecule has 1 N–H and O–H groups in total. The van der Waals surface area contributed by atoms with Gasteiger partial charge in [0, 0.05) is 17.2 Å². The lowest BCUT2D eigenvalue weighted by Gasteiger charge is -2.00. The van der Waals surface area contributed by atoms with Crippen molar-refractivity contribution >= 4 is 29.0 Å². The van der Waals surface area contributed by atoms with Crippen LogP contribution in [0.1, 0.15) is 4.88 Å². The quantitative estimate of drug-likeness (QED) is 0.755. The molecule has 0 saturated carbocycles. The van der Waals surface area contributed by atoms with Gasteiger partial charge in [-0.2, -0.15) is 0 Å². The molecule has 1 amide bonds. The van der Waals surface area contributed by atoms with E-state index in [1.807, 2.05) is 11.4 Å². The number of hydrogen-bond donors (Lipinski definition) is 1. The Balaban J connectivity index is 2.09. The lowest BCUT2D eigenvalue weighted by molar-refractivity contribution is -0.118. The highest BCUT2D eigenvalue weighted by molar-refractivity contribution is 7.99. The zero-order valence-electron chi connectivity index (χ0n) is 7.86. The molecule has 0 fully saturated rings. The SMILES string of the molecule is C=CCNC(=O)CSCc1cccs1. The van der Waals surface area contributed by atoms with E-state index in [9.17, 15) is 4.79 Å². The van der Waals surface area contributed by atoms with Crippen LogP contribution in [0.25, 0.3) is 0 Å². The van der Waals surface area contributed by atoms with Gasteiger partial charge >= 0.3 is 0 Å². The molecule has 0 radical (unpaired) electrons. The van der Waals surface area contributed by atoms with E-state index >= 15 is 0 Å². The van der Waals surface area contributed by atoms with E-state index in [2.05, 4.69) is 18.0 Å². The van der Waals surface area contributed by atoms with E-state index in [4.69, 9.17) is 0 Å². The second kappa shape index (κ2) is 6.68. The fraction of sp³-hybridized carbons (Fsp3) is 0.300. The maximum Gasteiger partial charge on any atom is 0.230 e. The van der Waals surface area contributed by atoms with Gasteiger partial charge in [0.15, 0.2) is 0 Å². The van der Waals surface area contributed by atoms with Crippen LogP contribution in [0.4, 0.5) is 0 Å². The molecule has 14 heavy (non-hydrogen) atoms. The lowest BCUT2D eigenvalue weighted by Crippen LogP contribution is -2.24. The molecular formula is C10H13NOS2. The minimum Gasteiger partial charge on any atom is -0.352 e. The Hall–Kier alpha value is -0.740. The molecular weight excluding hydrogens is 214 g/mol. The van der Waals surface area contributed by atoms with Gasteiger partial charge in [-0.25, -0.2) is 0 Å².